The zero-order chi connectivity index (χ0) is 41.2. The van der Waals surface area contributed by atoms with E-state index in [1.165, 1.54) is 4.90 Å². The molecule has 6 atom stereocenters. The van der Waals surface area contributed by atoms with Crippen LogP contribution in [0.15, 0.2) is 143 Å². The van der Waals surface area contributed by atoms with Gasteiger partial charge in [0.2, 0.25) is 11.8 Å². The minimum absolute atomic E-state index is 0.0266. The molecule has 1 saturated carbocycles. The second kappa shape index (κ2) is 14.5. The summed E-state index contributed by atoms with van der Waals surface area (Å²) in [5.74, 6) is -5.26. The predicted molar refractivity (Wildman–Crippen MR) is 226 cm³/mol. The van der Waals surface area contributed by atoms with E-state index in [2.05, 4.69) is 15.7 Å². The molecule has 2 aliphatic carbocycles. The van der Waals surface area contributed by atoms with Crippen LogP contribution in [0.4, 0.5) is 28.4 Å². The van der Waals surface area contributed by atoms with Gasteiger partial charge in [-0.2, -0.15) is 15.2 Å². The molecule has 11 heteroatoms. The number of benzene rings is 5. The summed E-state index contributed by atoms with van der Waals surface area (Å²) >= 11 is 0. The molecule has 4 amide bonds. The van der Waals surface area contributed by atoms with Crippen LogP contribution in [0.1, 0.15) is 41.0 Å². The number of phenolic OH excluding ortho intramolecular Hbond substituents is 1. The Labute approximate surface area is 342 Å². The van der Waals surface area contributed by atoms with Crippen LogP contribution in [0, 0.1) is 37.5 Å². The Hall–Kier alpha value is -6.88. The fourth-order valence-electron chi connectivity index (χ4n) is 9.86. The number of carbonyl (C=O) groups excluding carboxylic acids is 4. The quantitative estimate of drug-likeness (QED) is 0.0914. The summed E-state index contributed by atoms with van der Waals surface area (Å²) in [6.45, 7) is 3.76. The monoisotopic (exact) mass is 784 g/mol. The first-order valence-corrected chi connectivity index (χ1v) is 19.9. The van der Waals surface area contributed by atoms with E-state index in [1.807, 2.05) is 123 Å². The number of nitrogens with zero attached hydrogens (tertiary/aromatic N) is 5. The Bertz CT molecular complexity index is 2550. The van der Waals surface area contributed by atoms with E-state index in [9.17, 15) is 19.5 Å². The summed E-state index contributed by atoms with van der Waals surface area (Å²) in [5, 5.41) is 21.7. The van der Waals surface area contributed by atoms with Crippen LogP contribution in [-0.2, 0) is 24.6 Å². The normalized spacial score (nSPS) is 24.9. The number of hydrazine groups is 1. The van der Waals surface area contributed by atoms with Gasteiger partial charge < -0.3 is 10.0 Å². The van der Waals surface area contributed by atoms with Crippen LogP contribution < -0.4 is 15.2 Å². The number of aryl methyl sites for hydroxylation is 2. The van der Waals surface area contributed by atoms with Crippen molar-refractivity contribution in [3.8, 4) is 5.75 Å². The van der Waals surface area contributed by atoms with Gasteiger partial charge >= 0.3 is 0 Å². The summed E-state index contributed by atoms with van der Waals surface area (Å²) in [6, 6.07) is 36.7. The summed E-state index contributed by atoms with van der Waals surface area (Å²) in [7, 11) is 3.93. The van der Waals surface area contributed by atoms with Gasteiger partial charge in [-0.3, -0.25) is 29.5 Å². The molecular weight excluding hydrogens is 741 g/mol. The minimum atomic E-state index is -1.47. The maximum atomic E-state index is 15.4. The van der Waals surface area contributed by atoms with Crippen molar-refractivity contribution in [1.29, 1.82) is 0 Å². The van der Waals surface area contributed by atoms with Crippen molar-refractivity contribution in [3.63, 3.8) is 0 Å². The standard InChI is InChI=1S/C48H44N6O5/c1-28-13-15-33(16-14-28)51-54-45(57)40-27-39-36(42(38-12-8-9-29(2)43(38)55)48(40,47(54)59)30-10-6-5-7-11-30)25-26-37-41(39)46(58)53(44(37)56)35-23-19-32(20-24-35)50-49-31-17-21-34(22-18-31)52(3)4/h5-25,37,39-42,51,55H,26-27H2,1-4H3/t37-,39+,40-,41-,42+,48+/m0/s1. The Balaban J connectivity index is 1.10. The summed E-state index contributed by atoms with van der Waals surface area (Å²) < 4.78 is 0. The van der Waals surface area contributed by atoms with Crippen molar-refractivity contribution in [2.75, 3.05) is 29.3 Å². The number of allylic oxidation sites excluding steroid dienone is 2. The third kappa shape index (κ3) is 6.02. The van der Waals surface area contributed by atoms with E-state index in [-0.39, 0.29) is 30.4 Å². The third-order valence-electron chi connectivity index (χ3n) is 12.7. The number of para-hydroxylation sites is 1. The molecule has 0 bridgehead atoms. The number of azo groups is 1. The lowest BCUT2D eigenvalue weighted by molar-refractivity contribution is -0.138. The first-order chi connectivity index (χ1) is 28.5. The number of anilines is 3. The average Bonchev–Trinajstić information content (AvgIpc) is 3.63. The minimum Gasteiger partial charge on any atom is -0.507 e. The van der Waals surface area contributed by atoms with Crippen LogP contribution in [0.5, 0.6) is 5.75 Å². The topological polar surface area (TPSA) is 135 Å². The van der Waals surface area contributed by atoms with Gasteiger partial charge in [0.25, 0.3) is 11.8 Å². The zero-order valence-corrected chi connectivity index (χ0v) is 33.2. The smallest absolute Gasteiger partial charge is 0.260 e. The fourth-order valence-corrected chi connectivity index (χ4v) is 9.86. The molecule has 4 aliphatic rings. The first-order valence-electron chi connectivity index (χ1n) is 19.9. The average molecular weight is 785 g/mol. The van der Waals surface area contributed by atoms with E-state index in [4.69, 9.17) is 0 Å². The highest BCUT2D eigenvalue weighted by molar-refractivity contribution is 6.22. The van der Waals surface area contributed by atoms with Gasteiger partial charge in [-0.1, -0.05) is 77.9 Å². The Morgan fingerprint density at radius 3 is 2.05 bits per heavy atom. The molecular formula is C48H44N6O5. The molecule has 0 radical (unpaired) electrons. The van der Waals surface area contributed by atoms with E-state index in [0.717, 1.165) is 21.8 Å². The second-order valence-corrected chi connectivity index (χ2v) is 16.2. The number of phenols is 1. The second-order valence-electron chi connectivity index (χ2n) is 16.2. The molecule has 11 nitrogen and oxygen atoms in total. The van der Waals surface area contributed by atoms with Crippen molar-refractivity contribution in [2.45, 2.75) is 38.0 Å². The van der Waals surface area contributed by atoms with Crippen LogP contribution in [0.3, 0.4) is 0 Å². The highest BCUT2D eigenvalue weighted by Gasteiger charge is 2.70. The van der Waals surface area contributed by atoms with E-state index >= 15 is 4.79 Å². The Morgan fingerprint density at radius 1 is 0.729 bits per heavy atom. The third-order valence-corrected chi connectivity index (χ3v) is 12.7. The highest BCUT2D eigenvalue weighted by atomic mass is 16.3. The predicted octanol–water partition coefficient (Wildman–Crippen LogP) is 8.68. The van der Waals surface area contributed by atoms with Gasteiger partial charge in [0.15, 0.2) is 0 Å². The van der Waals surface area contributed by atoms with Crippen molar-refractivity contribution in [1.82, 2.24) is 5.01 Å². The van der Waals surface area contributed by atoms with E-state index in [1.54, 1.807) is 37.3 Å². The number of amides is 4. The first kappa shape index (κ1) is 37.7. The summed E-state index contributed by atoms with van der Waals surface area (Å²) in [5.41, 5.74) is 8.51. The highest BCUT2D eigenvalue weighted by Crippen LogP contribution is 2.65. The molecule has 2 heterocycles. The molecule has 2 saturated heterocycles. The lowest BCUT2D eigenvalue weighted by Crippen LogP contribution is -2.53. The van der Waals surface area contributed by atoms with Crippen LogP contribution >= 0.6 is 0 Å². The van der Waals surface area contributed by atoms with Gasteiger partial charge in [0.05, 0.1) is 45.9 Å². The van der Waals surface area contributed by atoms with Crippen molar-refractivity contribution >= 4 is 52.1 Å². The molecule has 5 aromatic rings. The molecule has 0 unspecified atom stereocenters. The molecule has 0 spiro atoms. The summed E-state index contributed by atoms with van der Waals surface area (Å²) in [4.78, 5) is 62.6. The lowest BCUT2D eigenvalue weighted by Gasteiger charge is -2.50. The molecule has 9 rings (SSSR count). The van der Waals surface area contributed by atoms with Gasteiger partial charge in [-0.25, -0.2) is 0 Å². The number of fused-ring (bicyclic) bond motifs is 4. The largest absolute Gasteiger partial charge is 0.507 e. The Kier molecular flexibility index (Phi) is 9.26. The van der Waals surface area contributed by atoms with E-state index in [0.29, 0.717) is 39.4 Å². The number of hydrogen-bond acceptors (Lipinski definition) is 9. The number of hydrogen-bond donors (Lipinski definition) is 2. The molecule has 2 N–H and O–H groups in total. The van der Waals surface area contributed by atoms with Gasteiger partial charge in [0.1, 0.15) is 5.75 Å². The van der Waals surface area contributed by atoms with Crippen LogP contribution in [0.2, 0.25) is 0 Å². The maximum absolute atomic E-state index is 15.4. The van der Waals surface area contributed by atoms with Crippen molar-refractivity contribution < 1.29 is 24.3 Å². The Morgan fingerprint density at radius 2 is 1.39 bits per heavy atom. The summed E-state index contributed by atoms with van der Waals surface area (Å²) in [6.07, 6.45) is 2.42. The zero-order valence-electron chi connectivity index (χ0n) is 33.2. The maximum Gasteiger partial charge on any atom is 0.260 e. The SMILES string of the molecule is Cc1ccc(NN2C(=O)[C@@H]3C[C@@H]4C(=CC[C@@H]5C(=O)N(c6ccc(N=Nc7ccc(N(C)C)cc7)cc6)C(=O)[C@@H]54)[C@H](c4cccc(C)c4O)[C@]3(c3ccccc3)C2=O)cc1. The van der Waals surface area contributed by atoms with Crippen LogP contribution in [0.25, 0.3) is 0 Å². The van der Waals surface area contributed by atoms with Crippen LogP contribution in [-0.4, -0.2) is 47.8 Å². The fraction of sp³-hybridized carbons (Fsp3) is 0.250. The number of imide groups is 2. The number of nitrogens with one attached hydrogen (secondary N) is 1. The lowest BCUT2D eigenvalue weighted by atomic mass is 9.49. The van der Waals surface area contributed by atoms with E-state index < -0.39 is 46.8 Å². The molecule has 5 aromatic carbocycles. The van der Waals surface area contributed by atoms with Gasteiger partial charge in [-0.15, -0.1) is 0 Å². The van der Waals surface area contributed by atoms with Gasteiger partial charge in [0, 0.05) is 31.3 Å². The van der Waals surface area contributed by atoms with Crippen molar-refractivity contribution in [3.05, 3.63) is 155 Å². The van der Waals surface area contributed by atoms with Crippen molar-refractivity contribution in [2.24, 2.45) is 33.9 Å². The molecule has 59 heavy (non-hydrogen) atoms. The number of rotatable bonds is 8. The van der Waals surface area contributed by atoms with Gasteiger partial charge in [-0.05, 0) is 104 Å². The number of carbonyl (C=O) groups is 4. The molecule has 3 fully saturated rings. The number of aromatic hydroxyl groups is 1. The molecule has 2 aliphatic heterocycles. The molecule has 0 aromatic heterocycles. The molecule has 296 valence electrons.